The van der Waals surface area contributed by atoms with E-state index in [1.807, 2.05) is 6.92 Å². The fourth-order valence-corrected chi connectivity index (χ4v) is 2.02. The van der Waals surface area contributed by atoms with Crippen molar-refractivity contribution in [2.75, 3.05) is 14.2 Å². The maximum absolute atomic E-state index is 12.0. The minimum absolute atomic E-state index is 0.156. The number of hydrogen-bond donors (Lipinski definition) is 2. The predicted molar refractivity (Wildman–Crippen MR) is 87.6 cm³/mol. The molecule has 0 bridgehead atoms. The highest BCUT2D eigenvalue weighted by atomic mass is 16.5. The van der Waals surface area contributed by atoms with Gasteiger partial charge < -0.3 is 19.9 Å². The van der Waals surface area contributed by atoms with Crippen LogP contribution >= 0.6 is 0 Å². The minimum atomic E-state index is -1.04. The number of carbonyl (C=O) groups excluding carboxylic acids is 1. The highest BCUT2D eigenvalue weighted by molar-refractivity contribution is 5.94. The van der Waals surface area contributed by atoms with Crippen molar-refractivity contribution in [3.05, 3.63) is 29.8 Å². The number of benzene rings is 1. The number of carbonyl (C=O) groups is 2. The molecule has 1 aromatic carbocycles. The van der Waals surface area contributed by atoms with Crippen LogP contribution in [0.5, 0.6) is 11.5 Å². The molecule has 1 rings (SSSR count). The molecule has 1 aromatic rings. The third kappa shape index (κ3) is 5.32. The van der Waals surface area contributed by atoms with Crippen molar-refractivity contribution in [3.8, 4) is 11.5 Å². The molecule has 0 aliphatic heterocycles. The molecule has 0 aromatic heterocycles. The number of ether oxygens (including phenoxy) is 2. The van der Waals surface area contributed by atoms with E-state index in [2.05, 4.69) is 5.32 Å². The standard InChI is InChI=1S/C17H23NO5/c1-5-11(2)16(17(20)21)18-15(19)9-6-12-10-13(22-3)7-8-14(12)23-4/h6-11,16H,5H2,1-4H3,(H,18,19)(H,20,21)/b9-6+. The smallest absolute Gasteiger partial charge is 0.326 e. The van der Waals surface area contributed by atoms with E-state index in [1.54, 1.807) is 38.3 Å². The lowest BCUT2D eigenvalue weighted by atomic mass is 9.99. The summed E-state index contributed by atoms with van der Waals surface area (Å²) in [6.45, 7) is 3.66. The number of nitrogens with one attached hydrogen (secondary N) is 1. The largest absolute Gasteiger partial charge is 0.497 e. The Hall–Kier alpha value is -2.50. The third-order valence-corrected chi connectivity index (χ3v) is 3.63. The predicted octanol–water partition coefficient (Wildman–Crippen LogP) is 2.33. The highest BCUT2D eigenvalue weighted by Gasteiger charge is 2.24. The van der Waals surface area contributed by atoms with Crippen molar-refractivity contribution in [1.82, 2.24) is 5.32 Å². The topological polar surface area (TPSA) is 84.9 Å². The zero-order chi connectivity index (χ0) is 17.4. The van der Waals surface area contributed by atoms with Gasteiger partial charge in [-0.15, -0.1) is 0 Å². The van der Waals surface area contributed by atoms with Gasteiger partial charge in [0.15, 0.2) is 0 Å². The SMILES string of the molecule is CCC(C)C(NC(=O)/C=C/c1cc(OC)ccc1OC)C(=O)O. The first-order valence-corrected chi connectivity index (χ1v) is 7.36. The summed E-state index contributed by atoms with van der Waals surface area (Å²) in [4.78, 5) is 23.2. The summed E-state index contributed by atoms with van der Waals surface area (Å²) in [6, 6.07) is 4.30. The molecule has 126 valence electrons. The van der Waals surface area contributed by atoms with Gasteiger partial charge in [-0.05, 0) is 30.2 Å². The van der Waals surface area contributed by atoms with E-state index in [4.69, 9.17) is 9.47 Å². The molecule has 2 N–H and O–H groups in total. The molecule has 6 heteroatoms. The van der Waals surface area contributed by atoms with E-state index < -0.39 is 17.9 Å². The van der Waals surface area contributed by atoms with Crippen LogP contribution in [0.4, 0.5) is 0 Å². The summed E-state index contributed by atoms with van der Waals surface area (Å²) in [5, 5.41) is 11.7. The molecular weight excluding hydrogens is 298 g/mol. The average Bonchev–Trinajstić information content (AvgIpc) is 2.56. The van der Waals surface area contributed by atoms with E-state index in [-0.39, 0.29) is 5.92 Å². The molecule has 6 nitrogen and oxygen atoms in total. The van der Waals surface area contributed by atoms with E-state index in [1.165, 1.54) is 13.2 Å². The molecule has 0 heterocycles. The Bertz CT molecular complexity index is 582. The Labute approximate surface area is 136 Å². The molecule has 0 aliphatic rings. The summed E-state index contributed by atoms with van der Waals surface area (Å²) in [5.41, 5.74) is 0.664. The first-order valence-electron chi connectivity index (χ1n) is 7.36. The second-order valence-corrected chi connectivity index (χ2v) is 5.15. The molecule has 1 amide bonds. The molecule has 0 spiro atoms. The van der Waals surface area contributed by atoms with E-state index >= 15 is 0 Å². The van der Waals surface area contributed by atoms with E-state index in [0.29, 0.717) is 23.5 Å². The normalized spacial score (nSPS) is 13.4. The number of hydrogen-bond acceptors (Lipinski definition) is 4. The van der Waals surface area contributed by atoms with Crippen LogP contribution in [0.1, 0.15) is 25.8 Å². The zero-order valence-electron chi connectivity index (χ0n) is 13.8. The van der Waals surface area contributed by atoms with Crippen molar-refractivity contribution in [2.45, 2.75) is 26.3 Å². The second kappa shape index (κ2) is 8.82. The van der Waals surface area contributed by atoms with Gasteiger partial charge >= 0.3 is 5.97 Å². The molecule has 0 fully saturated rings. The van der Waals surface area contributed by atoms with Gasteiger partial charge in [0, 0.05) is 11.6 Å². The molecular formula is C17H23NO5. The van der Waals surface area contributed by atoms with Gasteiger partial charge in [-0.2, -0.15) is 0 Å². The first-order chi connectivity index (χ1) is 10.9. The quantitative estimate of drug-likeness (QED) is 0.718. The molecule has 2 unspecified atom stereocenters. The van der Waals surface area contributed by atoms with Crippen LogP contribution in [0, 0.1) is 5.92 Å². The number of rotatable bonds is 8. The lowest BCUT2D eigenvalue weighted by Crippen LogP contribution is -2.44. The van der Waals surface area contributed by atoms with E-state index in [0.717, 1.165) is 0 Å². The number of aliphatic carboxylic acids is 1. The molecule has 0 saturated carbocycles. The first kappa shape index (κ1) is 18.5. The zero-order valence-corrected chi connectivity index (χ0v) is 13.8. The van der Waals surface area contributed by atoms with Gasteiger partial charge in [-0.1, -0.05) is 20.3 Å². The molecule has 0 aliphatic carbocycles. The van der Waals surface area contributed by atoms with Crippen LogP contribution in [0.2, 0.25) is 0 Å². The van der Waals surface area contributed by atoms with Gasteiger partial charge in [0.25, 0.3) is 0 Å². The second-order valence-electron chi connectivity index (χ2n) is 5.15. The van der Waals surface area contributed by atoms with Crippen LogP contribution in [0.15, 0.2) is 24.3 Å². The molecule has 2 atom stereocenters. The van der Waals surface area contributed by atoms with Crippen LogP contribution < -0.4 is 14.8 Å². The van der Waals surface area contributed by atoms with Gasteiger partial charge in [0.1, 0.15) is 17.5 Å². The Morgan fingerprint density at radius 2 is 2.00 bits per heavy atom. The Kier molecular flexibility index (Phi) is 7.12. The Morgan fingerprint density at radius 1 is 1.30 bits per heavy atom. The van der Waals surface area contributed by atoms with Crippen molar-refractivity contribution < 1.29 is 24.2 Å². The lowest BCUT2D eigenvalue weighted by molar-refractivity contribution is -0.142. The van der Waals surface area contributed by atoms with Crippen LogP contribution in [0.25, 0.3) is 6.08 Å². The maximum atomic E-state index is 12.0. The Balaban J connectivity index is 2.87. The maximum Gasteiger partial charge on any atom is 0.326 e. The van der Waals surface area contributed by atoms with Gasteiger partial charge in [0.2, 0.25) is 5.91 Å². The summed E-state index contributed by atoms with van der Waals surface area (Å²) in [7, 11) is 3.08. The fraction of sp³-hybridized carbons (Fsp3) is 0.412. The van der Waals surface area contributed by atoms with Crippen molar-refractivity contribution in [3.63, 3.8) is 0 Å². The summed E-state index contributed by atoms with van der Waals surface area (Å²) in [6.07, 6.45) is 3.51. The molecule has 0 radical (unpaired) electrons. The molecule has 0 saturated heterocycles. The third-order valence-electron chi connectivity index (χ3n) is 3.63. The van der Waals surface area contributed by atoms with Gasteiger partial charge in [-0.25, -0.2) is 4.79 Å². The van der Waals surface area contributed by atoms with Crippen LogP contribution in [-0.4, -0.2) is 37.2 Å². The van der Waals surface area contributed by atoms with Crippen molar-refractivity contribution in [2.24, 2.45) is 5.92 Å². The summed E-state index contributed by atoms with van der Waals surface area (Å²) < 4.78 is 10.4. The minimum Gasteiger partial charge on any atom is -0.497 e. The summed E-state index contributed by atoms with van der Waals surface area (Å²) >= 11 is 0. The van der Waals surface area contributed by atoms with Crippen molar-refractivity contribution >= 4 is 18.0 Å². The van der Waals surface area contributed by atoms with Gasteiger partial charge in [0.05, 0.1) is 14.2 Å². The monoisotopic (exact) mass is 321 g/mol. The Morgan fingerprint density at radius 3 is 2.52 bits per heavy atom. The van der Waals surface area contributed by atoms with Crippen LogP contribution in [-0.2, 0) is 9.59 Å². The number of carboxylic acids is 1. The fourth-order valence-electron chi connectivity index (χ4n) is 2.02. The average molecular weight is 321 g/mol. The van der Waals surface area contributed by atoms with Gasteiger partial charge in [-0.3, -0.25) is 4.79 Å². The highest BCUT2D eigenvalue weighted by Crippen LogP contribution is 2.25. The molecule has 23 heavy (non-hydrogen) atoms. The summed E-state index contributed by atoms with van der Waals surface area (Å²) in [5.74, 6) is -0.445. The van der Waals surface area contributed by atoms with E-state index in [9.17, 15) is 14.7 Å². The van der Waals surface area contributed by atoms with Crippen LogP contribution in [0.3, 0.4) is 0 Å². The number of carboxylic acid groups (broad SMARTS) is 1. The number of amides is 1. The number of methoxy groups -OCH3 is 2. The van der Waals surface area contributed by atoms with Crippen molar-refractivity contribution in [1.29, 1.82) is 0 Å². The lowest BCUT2D eigenvalue weighted by Gasteiger charge is -2.19.